The Hall–Kier alpha value is -0.300. The fourth-order valence-electron chi connectivity index (χ4n) is 0.977. The summed E-state index contributed by atoms with van der Waals surface area (Å²) in [4.78, 5) is 0. The van der Waals surface area contributed by atoms with Crippen LogP contribution in [0.5, 0.6) is 0 Å². The van der Waals surface area contributed by atoms with Gasteiger partial charge in [0.15, 0.2) is 0 Å². The molecule has 1 atom stereocenters. The lowest BCUT2D eigenvalue weighted by Crippen LogP contribution is -2.03. The second-order valence-corrected chi connectivity index (χ2v) is 2.84. The van der Waals surface area contributed by atoms with Gasteiger partial charge in [-0.1, -0.05) is 26.0 Å². The number of hydrogen-bond acceptors (Lipinski definition) is 1. The highest BCUT2D eigenvalue weighted by Crippen LogP contribution is 2.16. The molecule has 0 saturated carbocycles. The van der Waals surface area contributed by atoms with Gasteiger partial charge in [0, 0.05) is 0 Å². The first-order chi connectivity index (χ1) is 4.72. The average molecular weight is 141 g/mol. The molecule has 0 heterocycles. The predicted octanol–water partition coefficient (Wildman–Crippen LogP) is 2.33. The van der Waals surface area contributed by atoms with Gasteiger partial charge in [-0.05, 0) is 31.7 Å². The van der Waals surface area contributed by atoms with Gasteiger partial charge in [0.1, 0.15) is 0 Å². The van der Waals surface area contributed by atoms with Gasteiger partial charge >= 0.3 is 0 Å². The van der Waals surface area contributed by atoms with Crippen LogP contribution >= 0.6 is 0 Å². The molecule has 0 aliphatic carbocycles. The van der Waals surface area contributed by atoms with Crippen molar-refractivity contribution in [2.75, 3.05) is 6.54 Å². The molecule has 1 unspecified atom stereocenters. The molecule has 0 saturated heterocycles. The summed E-state index contributed by atoms with van der Waals surface area (Å²) in [6.07, 6.45) is 3.43. The van der Waals surface area contributed by atoms with E-state index in [4.69, 9.17) is 5.73 Å². The van der Waals surface area contributed by atoms with Crippen LogP contribution in [0.2, 0.25) is 0 Å². The van der Waals surface area contributed by atoms with Crippen LogP contribution < -0.4 is 5.73 Å². The Kier molecular flexibility index (Phi) is 5.32. The molecule has 2 N–H and O–H groups in total. The van der Waals surface area contributed by atoms with Crippen LogP contribution in [0.3, 0.4) is 0 Å². The van der Waals surface area contributed by atoms with Gasteiger partial charge in [-0.15, -0.1) is 0 Å². The number of nitrogens with two attached hydrogens (primary N) is 1. The SMILES string of the molecule is C=C(CC)C(C)CCCN. The van der Waals surface area contributed by atoms with Crippen LogP contribution in [-0.2, 0) is 0 Å². The lowest BCUT2D eigenvalue weighted by molar-refractivity contribution is 0.573. The van der Waals surface area contributed by atoms with Crippen molar-refractivity contribution in [1.82, 2.24) is 0 Å². The minimum Gasteiger partial charge on any atom is -0.330 e. The van der Waals surface area contributed by atoms with Crippen LogP contribution in [0.15, 0.2) is 12.2 Å². The summed E-state index contributed by atoms with van der Waals surface area (Å²) in [6.45, 7) is 9.17. The highest BCUT2D eigenvalue weighted by molar-refractivity contribution is 4.97. The van der Waals surface area contributed by atoms with Crippen LogP contribution in [0, 0.1) is 5.92 Å². The van der Waals surface area contributed by atoms with Crippen molar-refractivity contribution >= 4 is 0 Å². The van der Waals surface area contributed by atoms with Crippen LogP contribution in [0.4, 0.5) is 0 Å². The van der Waals surface area contributed by atoms with Crippen molar-refractivity contribution in [3.63, 3.8) is 0 Å². The summed E-state index contributed by atoms with van der Waals surface area (Å²) < 4.78 is 0. The second kappa shape index (κ2) is 5.48. The topological polar surface area (TPSA) is 26.0 Å². The van der Waals surface area contributed by atoms with Crippen molar-refractivity contribution < 1.29 is 0 Å². The first-order valence-electron chi connectivity index (χ1n) is 4.10. The smallest absolute Gasteiger partial charge is 0.00771 e. The Morgan fingerprint density at radius 1 is 1.60 bits per heavy atom. The number of rotatable bonds is 5. The average Bonchev–Trinajstić information content (AvgIpc) is 1.98. The molecule has 0 aliphatic heterocycles. The number of hydrogen-bond donors (Lipinski definition) is 1. The Bertz CT molecular complexity index is 96.9. The Labute approximate surface area is 64.3 Å². The van der Waals surface area contributed by atoms with Gasteiger partial charge < -0.3 is 5.73 Å². The maximum absolute atomic E-state index is 5.39. The lowest BCUT2D eigenvalue weighted by Gasteiger charge is -2.11. The van der Waals surface area contributed by atoms with Crippen LogP contribution in [0.25, 0.3) is 0 Å². The Morgan fingerprint density at radius 2 is 2.20 bits per heavy atom. The molecule has 1 heteroatoms. The molecule has 0 aliphatic rings. The summed E-state index contributed by atoms with van der Waals surface area (Å²) >= 11 is 0. The molecule has 0 bridgehead atoms. The third-order valence-corrected chi connectivity index (χ3v) is 1.99. The van der Waals surface area contributed by atoms with Gasteiger partial charge in [0.2, 0.25) is 0 Å². The van der Waals surface area contributed by atoms with Crippen molar-refractivity contribution in [2.45, 2.75) is 33.1 Å². The zero-order valence-corrected chi connectivity index (χ0v) is 7.19. The summed E-state index contributed by atoms with van der Waals surface area (Å²) in [5.74, 6) is 0.661. The maximum Gasteiger partial charge on any atom is -0.00771 e. The van der Waals surface area contributed by atoms with Gasteiger partial charge in [-0.2, -0.15) is 0 Å². The van der Waals surface area contributed by atoms with E-state index < -0.39 is 0 Å². The maximum atomic E-state index is 5.39. The van der Waals surface area contributed by atoms with Gasteiger partial charge in [0.05, 0.1) is 0 Å². The molecule has 0 spiro atoms. The molecule has 10 heavy (non-hydrogen) atoms. The molecule has 0 amide bonds. The van der Waals surface area contributed by atoms with Gasteiger partial charge in [-0.3, -0.25) is 0 Å². The highest BCUT2D eigenvalue weighted by atomic mass is 14.5. The van der Waals surface area contributed by atoms with Crippen molar-refractivity contribution in [3.05, 3.63) is 12.2 Å². The van der Waals surface area contributed by atoms with Crippen LogP contribution in [0.1, 0.15) is 33.1 Å². The van der Waals surface area contributed by atoms with Gasteiger partial charge in [-0.25, -0.2) is 0 Å². The molecule has 0 rings (SSSR count). The van der Waals surface area contributed by atoms with E-state index in [-0.39, 0.29) is 0 Å². The Morgan fingerprint density at radius 3 is 2.60 bits per heavy atom. The summed E-state index contributed by atoms with van der Waals surface area (Å²) in [6, 6.07) is 0. The first kappa shape index (κ1) is 9.70. The zero-order valence-electron chi connectivity index (χ0n) is 7.19. The van der Waals surface area contributed by atoms with E-state index in [0.29, 0.717) is 5.92 Å². The van der Waals surface area contributed by atoms with E-state index in [1.54, 1.807) is 0 Å². The first-order valence-corrected chi connectivity index (χ1v) is 4.10. The van der Waals surface area contributed by atoms with E-state index in [9.17, 15) is 0 Å². The summed E-state index contributed by atoms with van der Waals surface area (Å²) in [7, 11) is 0. The lowest BCUT2D eigenvalue weighted by atomic mass is 9.96. The molecule has 0 aromatic heterocycles. The van der Waals surface area contributed by atoms with E-state index >= 15 is 0 Å². The monoisotopic (exact) mass is 141 g/mol. The fraction of sp³-hybridized carbons (Fsp3) is 0.778. The summed E-state index contributed by atoms with van der Waals surface area (Å²) in [5, 5.41) is 0. The second-order valence-electron chi connectivity index (χ2n) is 2.84. The molecule has 0 radical (unpaired) electrons. The quantitative estimate of drug-likeness (QED) is 0.584. The third kappa shape index (κ3) is 3.67. The molecule has 60 valence electrons. The van der Waals surface area contributed by atoms with E-state index in [0.717, 1.165) is 19.4 Å². The zero-order chi connectivity index (χ0) is 7.98. The molecular formula is C9H19N. The molecule has 0 fully saturated rings. The third-order valence-electron chi connectivity index (χ3n) is 1.99. The predicted molar refractivity (Wildman–Crippen MR) is 46.9 cm³/mol. The fourth-order valence-corrected chi connectivity index (χ4v) is 0.977. The number of allylic oxidation sites excluding steroid dienone is 1. The van der Waals surface area contributed by atoms with Crippen molar-refractivity contribution in [1.29, 1.82) is 0 Å². The standard InChI is InChI=1S/C9H19N/c1-4-8(2)9(3)6-5-7-10/h9H,2,4-7,10H2,1,3H3. The Balaban J connectivity index is 3.41. The van der Waals surface area contributed by atoms with Crippen molar-refractivity contribution in [3.8, 4) is 0 Å². The molecular weight excluding hydrogens is 122 g/mol. The van der Waals surface area contributed by atoms with Crippen molar-refractivity contribution in [2.24, 2.45) is 11.7 Å². The molecule has 0 aromatic carbocycles. The largest absolute Gasteiger partial charge is 0.330 e. The molecule has 0 aromatic rings. The van der Waals surface area contributed by atoms with E-state index in [1.165, 1.54) is 12.0 Å². The minimum absolute atomic E-state index is 0.661. The highest BCUT2D eigenvalue weighted by Gasteiger charge is 2.02. The minimum atomic E-state index is 0.661. The van der Waals surface area contributed by atoms with Crippen LogP contribution in [-0.4, -0.2) is 6.54 Å². The molecule has 1 nitrogen and oxygen atoms in total. The van der Waals surface area contributed by atoms with Gasteiger partial charge in [0.25, 0.3) is 0 Å². The van der Waals surface area contributed by atoms with E-state index in [2.05, 4.69) is 20.4 Å². The summed E-state index contributed by atoms with van der Waals surface area (Å²) in [5.41, 5.74) is 6.74. The van der Waals surface area contributed by atoms with E-state index in [1.807, 2.05) is 0 Å². The normalized spacial score (nSPS) is 13.1.